The van der Waals surface area contributed by atoms with Gasteiger partial charge in [0.05, 0.1) is 23.5 Å². The van der Waals surface area contributed by atoms with Crippen molar-refractivity contribution in [1.82, 2.24) is 24.8 Å². The molecule has 2 unspecified atom stereocenters. The second-order valence-corrected chi connectivity index (χ2v) is 11.5. The Morgan fingerprint density at radius 1 is 1.00 bits per heavy atom. The Labute approximate surface area is 234 Å². The zero-order chi connectivity index (χ0) is 24.6. The quantitative estimate of drug-likeness (QED) is 0.470. The summed E-state index contributed by atoms with van der Waals surface area (Å²) in [6.07, 6.45) is 6.67. The van der Waals surface area contributed by atoms with Crippen LogP contribution >= 0.6 is 36.4 Å². The van der Waals surface area contributed by atoms with E-state index in [1.807, 2.05) is 19.1 Å². The summed E-state index contributed by atoms with van der Waals surface area (Å²) in [6, 6.07) is 14.0. The first-order valence-electron chi connectivity index (χ1n) is 11.8. The Bertz CT molecular complexity index is 1350. The summed E-state index contributed by atoms with van der Waals surface area (Å²) < 4.78 is 28.1. The fourth-order valence-corrected chi connectivity index (χ4v) is 6.56. The van der Waals surface area contributed by atoms with E-state index in [0.717, 1.165) is 42.1 Å². The van der Waals surface area contributed by atoms with Crippen molar-refractivity contribution in [3.63, 3.8) is 0 Å². The summed E-state index contributed by atoms with van der Waals surface area (Å²) in [5.41, 5.74) is 4.45. The lowest BCUT2D eigenvalue weighted by Gasteiger charge is -2.44. The number of pyridine rings is 1. The Morgan fingerprint density at radius 3 is 2.43 bits per heavy atom. The normalized spacial score (nSPS) is 21.4. The summed E-state index contributed by atoms with van der Waals surface area (Å²) in [5, 5.41) is 5.90. The molecule has 12 heteroatoms. The highest BCUT2D eigenvalue weighted by molar-refractivity contribution is 7.89. The van der Waals surface area contributed by atoms with Crippen molar-refractivity contribution < 1.29 is 13.2 Å². The molecule has 2 fully saturated rings. The number of hydrogen-bond acceptors (Lipinski definition) is 6. The molecular formula is C25H30Cl3N5O3S. The summed E-state index contributed by atoms with van der Waals surface area (Å²) in [6.45, 7) is 2.65. The molecule has 37 heavy (non-hydrogen) atoms. The Hall–Kier alpha value is -1.98. The molecule has 3 aromatic rings. The van der Waals surface area contributed by atoms with Gasteiger partial charge in [0.2, 0.25) is 10.0 Å². The van der Waals surface area contributed by atoms with Gasteiger partial charge in [-0.1, -0.05) is 30.2 Å². The van der Waals surface area contributed by atoms with Gasteiger partial charge in [-0.2, -0.15) is 9.84 Å². The third-order valence-electron chi connectivity index (χ3n) is 6.73. The molecule has 5 rings (SSSR count). The molecule has 0 spiro atoms. The van der Waals surface area contributed by atoms with Crippen LogP contribution in [0.1, 0.15) is 37.8 Å². The van der Waals surface area contributed by atoms with Crippen LogP contribution in [0.25, 0.3) is 10.8 Å². The van der Waals surface area contributed by atoms with Crippen molar-refractivity contribution in [2.24, 2.45) is 0 Å². The van der Waals surface area contributed by atoms with Crippen LogP contribution in [0.15, 0.2) is 65.8 Å². The number of halogens is 3. The highest BCUT2D eigenvalue weighted by atomic mass is 35.5. The van der Waals surface area contributed by atoms with Crippen molar-refractivity contribution in [1.29, 1.82) is 0 Å². The molecule has 200 valence electrons. The van der Waals surface area contributed by atoms with Crippen LogP contribution in [-0.2, 0) is 14.8 Å². The van der Waals surface area contributed by atoms with Gasteiger partial charge >= 0.3 is 0 Å². The van der Waals surface area contributed by atoms with Gasteiger partial charge in [0.1, 0.15) is 0 Å². The number of nitrogens with zero attached hydrogens (tertiary/aromatic N) is 4. The first-order valence-corrected chi connectivity index (χ1v) is 13.6. The minimum Gasteiger partial charge on any atom is -0.272 e. The van der Waals surface area contributed by atoms with Gasteiger partial charge in [0.15, 0.2) is 0 Å². The number of rotatable bonds is 5. The van der Waals surface area contributed by atoms with E-state index in [4.69, 9.17) is 11.6 Å². The lowest BCUT2D eigenvalue weighted by molar-refractivity contribution is -0.152. The maximum absolute atomic E-state index is 13.4. The number of fused-ring (bicyclic) bond motifs is 1. The topological polar surface area (TPSA) is 85.8 Å². The van der Waals surface area contributed by atoms with Gasteiger partial charge in [-0.15, -0.1) is 24.8 Å². The number of amides is 1. The zero-order valence-electron chi connectivity index (χ0n) is 20.3. The van der Waals surface area contributed by atoms with Gasteiger partial charge in [0.25, 0.3) is 5.91 Å². The summed E-state index contributed by atoms with van der Waals surface area (Å²) in [5.74, 6) is -0.279. The standard InChI is InChI=1S/C25H28ClN5O3S.2ClH/c1-18-16-29(35(33,34)23-8-6-20-14-22(26)7-5-21(20)15-23)17-25(32)31(18)28-30-13-3-2-4-24(30)19-9-11-27-12-10-19;;/h5-12,14-15,18,24,28H,2-4,13,16-17H2,1H3;2*1H. The van der Waals surface area contributed by atoms with Gasteiger partial charge < -0.3 is 0 Å². The lowest BCUT2D eigenvalue weighted by Crippen LogP contribution is -2.65. The predicted octanol–water partition coefficient (Wildman–Crippen LogP) is 4.60. The molecule has 0 aliphatic carbocycles. The first kappa shape index (κ1) is 29.6. The van der Waals surface area contributed by atoms with E-state index in [1.54, 1.807) is 53.8 Å². The Balaban J connectivity index is 0.00000190. The summed E-state index contributed by atoms with van der Waals surface area (Å²) >= 11 is 6.05. The Kier molecular flexibility index (Phi) is 9.79. The van der Waals surface area contributed by atoms with Gasteiger partial charge in [0, 0.05) is 30.5 Å². The second-order valence-electron chi connectivity index (χ2n) is 9.15. The van der Waals surface area contributed by atoms with Crippen molar-refractivity contribution in [3.05, 3.63) is 71.5 Å². The number of hydrogen-bond donors (Lipinski definition) is 1. The minimum atomic E-state index is -3.84. The molecule has 0 radical (unpaired) electrons. The van der Waals surface area contributed by atoms with E-state index < -0.39 is 10.0 Å². The molecule has 2 atom stereocenters. The van der Waals surface area contributed by atoms with Crippen molar-refractivity contribution >= 4 is 63.1 Å². The van der Waals surface area contributed by atoms with Gasteiger partial charge in [-0.25, -0.2) is 13.4 Å². The van der Waals surface area contributed by atoms with Gasteiger partial charge in [-0.05, 0) is 72.5 Å². The monoisotopic (exact) mass is 585 g/mol. The third-order valence-corrected chi connectivity index (χ3v) is 8.77. The highest BCUT2D eigenvalue weighted by Gasteiger charge is 2.38. The Morgan fingerprint density at radius 2 is 1.70 bits per heavy atom. The largest absolute Gasteiger partial charge is 0.272 e. The molecule has 1 N–H and O–H groups in total. The van der Waals surface area contributed by atoms with E-state index in [9.17, 15) is 13.2 Å². The van der Waals surface area contributed by atoms with Crippen LogP contribution in [0.4, 0.5) is 0 Å². The number of hydrazine groups is 2. The molecule has 2 saturated heterocycles. The van der Waals surface area contributed by atoms with Crippen LogP contribution in [0.5, 0.6) is 0 Å². The van der Waals surface area contributed by atoms with E-state index in [1.165, 1.54) is 4.31 Å². The second kappa shape index (κ2) is 12.3. The van der Waals surface area contributed by atoms with Crippen LogP contribution in [-0.4, -0.2) is 59.3 Å². The number of nitrogens with one attached hydrogen (secondary N) is 1. The molecule has 0 bridgehead atoms. The lowest BCUT2D eigenvalue weighted by atomic mass is 9.98. The molecule has 2 aliphatic rings. The van der Waals surface area contributed by atoms with Crippen molar-refractivity contribution in [2.75, 3.05) is 19.6 Å². The number of carbonyl (C=O) groups excluding carboxylic acids is 1. The first-order chi connectivity index (χ1) is 16.8. The molecule has 1 aromatic heterocycles. The molecule has 2 aromatic carbocycles. The number of sulfonamides is 1. The van der Waals surface area contributed by atoms with E-state index in [-0.39, 0.29) is 60.8 Å². The van der Waals surface area contributed by atoms with E-state index >= 15 is 0 Å². The molecule has 8 nitrogen and oxygen atoms in total. The summed E-state index contributed by atoms with van der Waals surface area (Å²) in [7, 11) is -3.84. The van der Waals surface area contributed by atoms with Crippen LogP contribution in [0.2, 0.25) is 5.02 Å². The number of piperazine rings is 1. The number of piperidine rings is 1. The van der Waals surface area contributed by atoms with Crippen LogP contribution in [0, 0.1) is 0 Å². The number of aromatic nitrogens is 1. The number of carbonyl (C=O) groups is 1. The molecular weight excluding hydrogens is 557 g/mol. The fourth-order valence-electron chi connectivity index (χ4n) is 4.88. The average Bonchev–Trinajstić information content (AvgIpc) is 2.86. The SMILES string of the molecule is CC1CN(S(=O)(=O)c2ccc3cc(Cl)ccc3c2)CC(=O)N1NN1CCCCC1c1ccncc1.Cl.Cl. The van der Waals surface area contributed by atoms with Crippen molar-refractivity contribution in [3.8, 4) is 0 Å². The predicted molar refractivity (Wildman–Crippen MR) is 149 cm³/mol. The smallest absolute Gasteiger partial charge is 0.253 e. The molecule has 3 heterocycles. The third kappa shape index (κ3) is 6.20. The van der Waals surface area contributed by atoms with Gasteiger partial charge in [-0.3, -0.25) is 14.8 Å². The summed E-state index contributed by atoms with van der Waals surface area (Å²) in [4.78, 5) is 17.4. The average molecular weight is 587 g/mol. The van der Waals surface area contributed by atoms with Crippen LogP contribution in [0.3, 0.4) is 0 Å². The minimum absolute atomic E-state index is 0. The highest BCUT2D eigenvalue weighted by Crippen LogP contribution is 2.30. The van der Waals surface area contributed by atoms with E-state index in [2.05, 4.69) is 15.5 Å². The maximum Gasteiger partial charge on any atom is 0.253 e. The van der Waals surface area contributed by atoms with E-state index in [0.29, 0.717) is 5.02 Å². The molecule has 2 aliphatic heterocycles. The van der Waals surface area contributed by atoms with Crippen molar-refractivity contribution in [2.45, 2.75) is 43.2 Å². The van der Waals surface area contributed by atoms with Crippen LogP contribution < -0.4 is 5.53 Å². The number of benzene rings is 2. The zero-order valence-corrected chi connectivity index (χ0v) is 23.5. The maximum atomic E-state index is 13.4. The molecule has 1 amide bonds. The molecule has 0 saturated carbocycles. The fraction of sp³-hybridized carbons (Fsp3) is 0.360.